The summed E-state index contributed by atoms with van der Waals surface area (Å²) < 4.78 is 5.41. The van der Waals surface area contributed by atoms with Gasteiger partial charge in [-0.2, -0.15) is 0 Å². The van der Waals surface area contributed by atoms with Crippen molar-refractivity contribution in [3.05, 3.63) is 96.1 Å². The molecule has 2 atom stereocenters. The minimum Gasteiger partial charge on any atom is -0.378 e. The zero-order chi connectivity index (χ0) is 23.3. The standard InChI is InChI=1S/C29H31N3O2/c1-21(29(33)32-16-18-34-19-17-32)30-20-25(22-10-4-2-5-11-22)27-24-14-8-9-15-26(24)31-28(27)23-12-6-3-7-13-23/h2-15,21,25,30-31H,16-20H2,1H3/t21-,25+/m0/s1. The van der Waals surface area contributed by atoms with Crippen molar-refractivity contribution < 1.29 is 9.53 Å². The molecule has 0 aliphatic carbocycles. The maximum Gasteiger partial charge on any atom is 0.239 e. The fourth-order valence-corrected chi connectivity index (χ4v) is 4.87. The SMILES string of the molecule is C[C@H](NC[C@H](c1ccccc1)c1c(-c2ccccc2)[nH]c2ccccc12)C(=O)N1CCOCC1. The number of fused-ring (bicyclic) bond motifs is 1. The van der Waals surface area contributed by atoms with E-state index >= 15 is 0 Å². The van der Waals surface area contributed by atoms with Crippen LogP contribution in [-0.2, 0) is 9.53 Å². The van der Waals surface area contributed by atoms with Crippen molar-refractivity contribution in [2.45, 2.75) is 18.9 Å². The first-order valence-corrected chi connectivity index (χ1v) is 12.0. The van der Waals surface area contributed by atoms with Crippen molar-refractivity contribution in [2.75, 3.05) is 32.8 Å². The van der Waals surface area contributed by atoms with E-state index in [4.69, 9.17) is 4.74 Å². The third kappa shape index (κ3) is 4.63. The molecule has 1 aliphatic heterocycles. The van der Waals surface area contributed by atoms with Crippen LogP contribution in [0.4, 0.5) is 0 Å². The van der Waals surface area contributed by atoms with Crippen LogP contribution in [0.3, 0.4) is 0 Å². The largest absolute Gasteiger partial charge is 0.378 e. The number of rotatable bonds is 7. The van der Waals surface area contributed by atoms with Gasteiger partial charge in [0.05, 0.1) is 24.9 Å². The molecule has 0 saturated carbocycles. The second-order valence-corrected chi connectivity index (χ2v) is 8.86. The molecule has 0 unspecified atom stereocenters. The summed E-state index contributed by atoms with van der Waals surface area (Å²) in [6, 6.07) is 29.3. The quantitative estimate of drug-likeness (QED) is 0.423. The molecule has 2 N–H and O–H groups in total. The van der Waals surface area contributed by atoms with Gasteiger partial charge in [-0.25, -0.2) is 0 Å². The summed E-state index contributed by atoms with van der Waals surface area (Å²) in [6.07, 6.45) is 0. The van der Waals surface area contributed by atoms with Crippen LogP contribution in [-0.4, -0.2) is 54.7 Å². The van der Waals surface area contributed by atoms with Crippen LogP contribution in [0.15, 0.2) is 84.9 Å². The molecule has 1 amide bonds. The third-order valence-corrected chi connectivity index (χ3v) is 6.68. The minimum atomic E-state index is -0.269. The number of aromatic amines is 1. The molecule has 2 heterocycles. The Labute approximate surface area is 200 Å². The summed E-state index contributed by atoms with van der Waals surface area (Å²) in [4.78, 5) is 18.6. The average Bonchev–Trinajstić information content (AvgIpc) is 3.29. The van der Waals surface area contributed by atoms with Gasteiger partial charge in [-0.3, -0.25) is 4.79 Å². The number of aromatic nitrogens is 1. The maximum atomic E-state index is 13.0. The highest BCUT2D eigenvalue weighted by Crippen LogP contribution is 2.38. The Kier molecular flexibility index (Phi) is 6.74. The number of para-hydroxylation sites is 1. The molecule has 1 aliphatic rings. The van der Waals surface area contributed by atoms with E-state index in [0.717, 1.165) is 16.8 Å². The smallest absolute Gasteiger partial charge is 0.239 e. The molecule has 34 heavy (non-hydrogen) atoms. The van der Waals surface area contributed by atoms with Crippen molar-refractivity contribution in [2.24, 2.45) is 0 Å². The van der Waals surface area contributed by atoms with E-state index in [1.54, 1.807) is 0 Å². The molecular weight excluding hydrogens is 422 g/mol. The van der Waals surface area contributed by atoms with Gasteiger partial charge < -0.3 is 19.9 Å². The predicted octanol–water partition coefficient (Wildman–Crippen LogP) is 4.80. The Morgan fingerprint density at radius 2 is 1.59 bits per heavy atom. The van der Waals surface area contributed by atoms with Gasteiger partial charge in [-0.05, 0) is 29.7 Å². The molecule has 5 nitrogen and oxygen atoms in total. The average molecular weight is 454 g/mol. The Hall–Kier alpha value is -3.41. The van der Waals surface area contributed by atoms with Crippen molar-refractivity contribution in [3.8, 4) is 11.3 Å². The molecule has 174 valence electrons. The van der Waals surface area contributed by atoms with Crippen LogP contribution < -0.4 is 5.32 Å². The second-order valence-electron chi connectivity index (χ2n) is 8.86. The Morgan fingerprint density at radius 3 is 2.32 bits per heavy atom. The number of nitrogens with one attached hydrogen (secondary N) is 2. The first-order chi connectivity index (χ1) is 16.7. The molecule has 0 bridgehead atoms. The van der Waals surface area contributed by atoms with Crippen LogP contribution in [0.2, 0.25) is 0 Å². The van der Waals surface area contributed by atoms with E-state index < -0.39 is 0 Å². The maximum absolute atomic E-state index is 13.0. The summed E-state index contributed by atoms with van der Waals surface area (Å²) in [6.45, 7) is 5.17. The lowest BCUT2D eigenvalue weighted by Gasteiger charge is -2.30. The van der Waals surface area contributed by atoms with Gasteiger partial charge in [-0.1, -0.05) is 78.9 Å². The first kappa shape index (κ1) is 22.4. The number of hydrogen-bond acceptors (Lipinski definition) is 3. The lowest BCUT2D eigenvalue weighted by atomic mass is 9.87. The van der Waals surface area contributed by atoms with Crippen LogP contribution >= 0.6 is 0 Å². The number of morpholine rings is 1. The van der Waals surface area contributed by atoms with E-state index in [1.165, 1.54) is 16.5 Å². The zero-order valence-corrected chi connectivity index (χ0v) is 19.5. The van der Waals surface area contributed by atoms with Crippen LogP contribution in [0, 0.1) is 0 Å². The van der Waals surface area contributed by atoms with Crippen LogP contribution in [0.5, 0.6) is 0 Å². The van der Waals surface area contributed by atoms with Crippen molar-refractivity contribution in [1.82, 2.24) is 15.2 Å². The van der Waals surface area contributed by atoms with E-state index in [-0.39, 0.29) is 17.9 Å². The molecule has 1 fully saturated rings. The number of H-pyrrole nitrogens is 1. The lowest BCUT2D eigenvalue weighted by molar-refractivity contribution is -0.137. The van der Waals surface area contributed by atoms with Gasteiger partial charge in [0.25, 0.3) is 0 Å². The van der Waals surface area contributed by atoms with E-state index in [9.17, 15) is 4.79 Å². The Bertz CT molecular complexity index is 1230. The fraction of sp³-hybridized carbons (Fsp3) is 0.276. The number of carbonyl (C=O) groups excluding carboxylic acids is 1. The summed E-state index contributed by atoms with van der Waals surface area (Å²) in [5.41, 5.74) is 5.89. The zero-order valence-electron chi connectivity index (χ0n) is 19.5. The molecule has 0 radical (unpaired) electrons. The number of hydrogen-bond donors (Lipinski definition) is 2. The van der Waals surface area contributed by atoms with Gasteiger partial charge in [0.15, 0.2) is 0 Å². The number of ether oxygens (including phenoxy) is 1. The summed E-state index contributed by atoms with van der Waals surface area (Å²) in [7, 11) is 0. The molecule has 4 aromatic rings. The lowest BCUT2D eigenvalue weighted by Crippen LogP contribution is -2.49. The molecule has 5 rings (SSSR count). The van der Waals surface area contributed by atoms with Gasteiger partial charge in [0.1, 0.15) is 0 Å². The van der Waals surface area contributed by atoms with Crippen LogP contribution in [0.1, 0.15) is 24.0 Å². The second kappa shape index (κ2) is 10.2. The number of benzene rings is 3. The normalized spacial score (nSPS) is 15.9. The Morgan fingerprint density at radius 1 is 0.941 bits per heavy atom. The molecule has 0 spiro atoms. The summed E-state index contributed by atoms with van der Waals surface area (Å²) in [5, 5.41) is 4.78. The summed E-state index contributed by atoms with van der Waals surface area (Å²) >= 11 is 0. The van der Waals surface area contributed by atoms with E-state index in [2.05, 4.69) is 83.1 Å². The molecule has 1 saturated heterocycles. The highest BCUT2D eigenvalue weighted by atomic mass is 16.5. The molecule has 5 heteroatoms. The summed E-state index contributed by atoms with van der Waals surface area (Å²) in [5.74, 6) is 0.213. The predicted molar refractivity (Wildman–Crippen MR) is 137 cm³/mol. The topological polar surface area (TPSA) is 57.4 Å². The van der Waals surface area contributed by atoms with E-state index in [1.807, 2.05) is 24.0 Å². The number of carbonyl (C=O) groups is 1. The number of amides is 1. The van der Waals surface area contributed by atoms with Gasteiger partial charge >= 0.3 is 0 Å². The van der Waals surface area contributed by atoms with Gasteiger partial charge in [0.2, 0.25) is 5.91 Å². The number of nitrogens with zero attached hydrogens (tertiary/aromatic N) is 1. The first-order valence-electron chi connectivity index (χ1n) is 12.0. The highest BCUT2D eigenvalue weighted by molar-refractivity contribution is 5.92. The van der Waals surface area contributed by atoms with Crippen molar-refractivity contribution in [1.29, 1.82) is 0 Å². The minimum absolute atomic E-state index is 0.0764. The third-order valence-electron chi connectivity index (χ3n) is 6.68. The Balaban J connectivity index is 1.51. The fourth-order valence-electron chi connectivity index (χ4n) is 4.87. The monoisotopic (exact) mass is 453 g/mol. The van der Waals surface area contributed by atoms with Gasteiger partial charge in [0, 0.05) is 36.5 Å². The molecular formula is C29H31N3O2. The highest BCUT2D eigenvalue weighted by Gasteiger charge is 2.26. The van der Waals surface area contributed by atoms with Crippen molar-refractivity contribution in [3.63, 3.8) is 0 Å². The van der Waals surface area contributed by atoms with E-state index in [0.29, 0.717) is 32.8 Å². The molecule has 3 aromatic carbocycles. The molecule has 1 aromatic heterocycles. The van der Waals surface area contributed by atoms with Gasteiger partial charge in [-0.15, -0.1) is 0 Å². The van der Waals surface area contributed by atoms with Crippen LogP contribution in [0.25, 0.3) is 22.2 Å². The van der Waals surface area contributed by atoms with Crippen molar-refractivity contribution >= 4 is 16.8 Å².